The average molecular weight is 875 g/mol. The Morgan fingerprint density at radius 2 is 0.967 bits per heavy atom. The fourth-order valence-electron chi connectivity index (χ4n) is 5.50. The molecule has 2 N–H and O–H groups in total. The molecule has 0 bridgehead atoms. The summed E-state index contributed by atoms with van der Waals surface area (Å²) in [6.45, 7) is 2.27. The summed E-state index contributed by atoms with van der Waals surface area (Å²) >= 11 is 0. The van der Waals surface area contributed by atoms with Gasteiger partial charge in [-0.2, -0.15) is 0 Å². The third-order valence-electron chi connectivity index (χ3n) is 9.14. The molecule has 61 heavy (non-hydrogen) atoms. The minimum absolute atomic E-state index is 0.00548. The molecule has 0 spiro atoms. The van der Waals surface area contributed by atoms with Gasteiger partial charge in [-0.25, -0.2) is 4.57 Å². The van der Waals surface area contributed by atoms with E-state index in [1.165, 1.54) is 25.7 Å². The number of ether oxygens (including phenoxy) is 2. The summed E-state index contributed by atoms with van der Waals surface area (Å²) in [5.41, 5.74) is 0. The fourth-order valence-corrected chi connectivity index (χ4v) is 6.24. The molecule has 0 aliphatic carbocycles. The molecule has 2 atom stereocenters. The van der Waals surface area contributed by atoms with Crippen molar-refractivity contribution in [2.45, 2.75) is 154 Å². The highest BCUT2D eigenvalue weighted by Gasteiger charge is 2.27. The lowest BCUT2D eigenvalue weighted by Crippen LogP contribution is -2.37. The highest BCUT2D eigenvalue weighted by molar-refractivity contribution is 7.47. The fraction of sp³-hybridized carbons (Fsp3) is 0.640. The Bertz CT molecular complexity index is 1360. The van der Waals surface area contributed by atoms with Crippen LogP contribution in [0.15, 0.2) is 97.2 Å². The molecule has 11 heteroatoms. The highest BCUT2D eigenvalue weighted by Crippen LogP contribution is 2.43. The van der Waals surface area contributed by atoms with Crippen LogP contribution in [0, 0.1) is 0 Å². The summed E-state index contributed by atoms with van der Waals surface area (Å²) in [5.74, 6) is -0.925. The lowest BCUT2D eigenvalue weighted by Gasteiger charge is -2.24. The number of allylic oxidation sites excluding steroid dienone is 16. The van der Waals surface area contributed by atoms with Crippen molar-refractivity contribution in [3.63, 3.8) is 0 Å². The first kappa shape index (κ1) is 57.9. The van der Waals surface area contributed by atoms with Crippen molar-refractivity contribution in [2.24, 2.45) is 0 Å². The van der Waals surface area contributed by atoms with Crippen molar-refractivity contribution >= 4 is 19.8 Å². The van der Waals surface area contributed by atoms with Crippen molar-refractivity contribution in [2.75, 3.05) is 54.1 Å². The van der Waals surface area contributed by atoms with E-state index in [1.807, 2.05) is 27.2 Å². The number of unbranched alkanes of at least 4 members (excludes halogenated alkanes) is 10. The quantitative estimate of drug-likeness (QED) is 0.0203. The smallest absolute Gasteiger partial charge is 0.462 e. The number of carbonyl (C=O) groups excluding carboxylic acids is 2. The summed E-state index contributed by atoms with van der Waals surface area (Å²) < 4.78 is 34.2. The predicted molar refractivity (Wildman–Crippen MR) is 253 cm³/mol. The number of nitrogens with zero attached hydrogens (tertiary/aromatic N) is 1. The standard InChI is InChI=1S/C50H84NO9P/c1-5-6-7-8-9-10-11-12-13-14-15-17-20-23-26-29-32-35-38-41-49(53)57-46-48(47-59-61(55,56)58-45-43-51(2,3)4)60-50(54)42-39-36-33-30-27-24-21-18-16-19-22-25-28-31-34-37-40-44-52/h9-10,12-13,15-17,19,21,23-26,28,30,33,48,52H,5-8,11,14,18,20,22,27,29,31-32,34-47H2,1-4H3/p+1/b10-9-,13-12-,17-15-,19-16-,24-21-,26-23-,28-25-,33-30-/t48-/m1/s1. The van der Waals surface area contributed by atoms with Crippen LogP contribution >= 0.6 is 7.82 Å². The SMILES string of the molecule is CCCCC/C=C\C/C=C\C/C=C\C/C=C\CCCCCC(=O)OC[C@H](COP(=O)(O)OCC[N+](C)(C)C)OC(=O)CCC/C=C\C/C=C\C/C=C\C/C=C\CCCCCO. The van der Waals surface area contributed by atoms with Crippen LogP contribution < -0.4 is 0 Å². The predicted octanol–water partition coefficient (Wildman–Crippen LogP) is 12.3. The largest absolute Gasteiger partial charge is 0.472 e. The van der Waals surface area contributed by atoms with Crippen molar-refractivity contribution in [1.82, 2.24) is 0 Å². The first-order chi connectivity index (χ1) is 29.5. The lowest BCUT2D eigenvalue weighted by atomic mass is 10.1. The van der Waals surface area contributed by atoms with E-state index in [1.54, 1.807) is 0 Å². The molecule has 348 valence electrons. The van der Waals surface area contributed by atoms with Crippen LogP contribution in [0.3, 0.4) is 0 Å². The summed E-state index contributed by atoms with van der Waals surface area (Å²) in [4.78, 5) is 35.4. The van der Waals surface area contributed by atoms with Gasteiger partial charge in [0.05, 0.1) is 27.7 Å². The Balaban J connectivity index is 4.51. The molecule has 0 aliphatic rings. The number of likely N-dealkylation sites (N-methyl/N-ethyl adjacent to an activating group) is 1. The monoisotopic (exact) mass is 875 g/mol. The van der Waals surface area contributed by atoms with E-state index in [4.69, 9.17) is 23.6 Å². The van der Waals surface area contributed by atoms with Crippen LogP contribution in [-0.2, 0) is 32.7 Å². The van der Waals surface area contributed by atoms with E-state index in [9.17, 15) is 19.0 Å². The maximum atomic E-state index is 12.7. The van der Waals surface area contributed by atoms with Gasteiger partial charge in [0.25, 0.3) is 0 Å². The van der Waals surface area contributed by atoms with E-state index < -0.39 is 32.5 Å². The third kappa shape index (κ3) is 46.2. The molecule has 0 fully saturated rings. The molecule has 1 unspecified atom stereocenters. The molecule has 0 aromatic carbocycles. The van der Waals surface area contributed by atoms with Gasteiger partial charge in [0.2, 0.25) is 0 Å². The zero-order valence-electron chi connectivity index (χ0n) is 38.6. The van der Waals surface area contributed by atoms with Gasteiger partial charge >= 0.3 is 19.8 Å². The molecule has 0 radical (unpaired) electrons. The first-order valence-corrected chi connectivity index (χ1v) is 24.6. The van der Waals surface area contributed by atoms with Crippen LogP contribution in [0.1, 0.15) is 148 Å². The number of rotatable bonds is 41. The van der Waals surface area contributed by atoms with Gasteiger partial charge in [0.15, 0.2) is 6.10 Å². The Labute approximate surface area is 371 Å². The molecule has 0 saturated carbocycles. The second-order valence-corrected chi connectivity index (χ2v) is 17.6. The Hall–Kier alpha value is -3.11. The second kappa shape index (κ2) is 42.2. The van der Waals surface area contributed by atoms with Crippen molar-refractivity contribution in [3.05, 3.63) is 97.2 Å². The van der Waals surface area contributed by atoms with Gasteiger partial charge in [-0.1, -0.05) is 130 Å². The zero-order valence-corrected chi connectivity index (χ0v) is 39.4. The molecule has 0 amide bonds. The number of quaternary nitrogens is 1. The number of carbonyl (C=O) groups is 2. The highest BCUT2D eigenvalue weighted by atomic mass is 31.2. The maximum absolute atomic E-state index is 12.7. The second-order valence-electron chi connectivity index (χ2n) is 16.2. The molecule has 0 rings (SSSR count). The van der Waals surface area contributed by atoms with E-state index in [0.717, 1.165) is 83.5 Å². The maximum Gasteiger partial charge on any atom is 0.472 e. The molecule has 0 saturated heterocycles. The minimum atomic E-state index is -4.41. The van der Waals surface area contributed by atoms with Crippen molar-refractivity contribution in [3.8, 4) is 0 Å². The molecule has 10 nitrogen and oxygen atoms in total. The van der Waals surface area contributed by atoms with Crippen LogP contribution in [0.5, 0.6) is 0 Å². The van der Waals surface area contributed by atoms with Crippen LogP contribution in [0.4, 0.5) is 0 Å². The van der Waals surface area contributed by atoms with Crippen LogP contribution in [0.25, 0.3) is 0 Å². The Morgan fingerprint density at radius 3 is 1.43 bits per heavy atom. The Kier molecular flexibility index (Phi) is 40.1. The molecule has 0 aromatic rings. The van der Waals surface area contributed by atoms with E-state index in [0.29, 0.717) is 30.3 Å². The summed E-state index contributed by atoms with van der Waals surface area (Å²) in [6.07, 6.45) is 53.3. The number of phosphoric ester groups is 1. The zero-order chi connectivity index (χ0) is 45.0. The van der Waals surface area contributed by atoms with Crippen molar-refractivity contribution < 1.29 is 47.2 Å². The van der Waals surface area contributed by atoms with Gasteiger partial charge in [-0.15, -0.1) is 0 Å². The molecule has 0 aliphatic heterocycles. The Morgan fingerprint density at radius 1 is 0.541 bits per heavy atom. The minimum Gasteiger partial charge on any atom is -0.462 e. The summed E-state index contributed by atoms with van der Waals surface area (Å²) in [5, 5.41) is 8.81. The van der Waals surface area contributed by atoms with Gasteiger partial charge in [0, 0.05) is 19.4 Å². The van der Waals surface area contributed by atoms with Gasteiger partial charge in [0.1, 0.15) is 19.8 Å². The number of hydrogen-bond acceptors (Lipinski definition) is 8. The molecular weight excluding hydrogens is 790 g/mol. The summed E-state index contributed by atoms with van der Waals surface area (Å²) in [6, 6.07) is 0. The van der Waals surface area contributed by atoms with Gasteiger partial charge in [-0.3, -0.25) is 18.6 Å². The molecule has 0 heterocycles. The summed E-state index contributed by atoms with van der Waals surface area (Å²) in [7, 11) is 1.39. The topological polar surface area (TPSA) is 129 Å². The normalized spacial score (nSPS) is 14.4. The number of aliphatic hydroxyl groups excluding tert-OH is 1. The van der Waals surface area contributed by atoms with Crippen molar-refractivity contribution in [1.29, 1.82) is 0 Å². The number of esters is 2. The molecule has 0 aromatic heterocycles. The van der Waals surface area contributed by atoms with Gasteiger partial charge in [-0.05, 0) is 103 Å². The first-order valence-electron chi connectivity index (χ1n) is 23.1. The van der Waals surface area contributed by atoms with Gasteiger partial charge < -0.3 is 24.0 Å². The number of phosphoric acid groups is 1. The average Bonchev–Trinajstić information content (AvgIpc) is 3.21. The number of hydrogen-bond donors (Lipinski definition) is 2. The van der Waals surface area contributed by atoms with E-state index in [-0.39, 0.29) is 32.7 Å². The van der Waals surface area contributed by atoms with Crippen LogP contribution in [-0.4, -0.2) is 86.6 Å². The number of aliphatic hydroxyl groups is 1. The lowest BCUT2D eigenvalue weighted by molar-refractivity contribution is -0.870. The van der Waals surface area contributed by atoms with Crippen LogP contribution in [0.2, 0.25) is 0 Å². The van der Waals surface area contributed by atoms with E-state index >= 15 is 0 Å². The molecular formula is C50H85NO9P+. The third-order valence-corrected chi connectivity index (χ3v) is 10.1. The van der Waals surface area contributed by atoms with E-state index in [2.05, 4.69) is 98.1 Å².